The Kier molecular flexibility index (Phi) is 5.82. The van der Waals surface area contributed by atoms with Crippen LogP contribution >= 0.6 is 27.5 Å². The Bertz CT molecular complexity index is 756. The van der Waals surface area contributed by atoms with Crippen molar-refractivity contribution >= 4 is 50.7 Å². The lowest BCUT2D eigenvalue weighted by atomic mass is 10.2. The number of ether oxygens (including phenoxy) is 2. The molecule has 2 aromatic rings. The van der Waals surface area contributed by atoms with E-state index in [1.807, 2.05) is 12.1 Å². The molecule has 0 aliphatic carbocycles. The summed E-state index contributed by atoms with van der Waals surface area (Å²) in [5, 5.41) is 6.71. The molecule has 0 radical (unpaired) electrons. The molecule has 1 aromatic heterocycles. The number of hydrogen-bond donors (Lipinski definition) is 2. The van der Waals surface area contributed by atoms with Crippen LogP contribution in [0.2, 0.25) is 5.02 Å². The molecule has 134 valence electrons. The SMILES string of the molecule is CNc1nc(Nc2cc(OC)c(N3CCOCC3)cc2Cl)ncc1Br. The Morgan fingerprint density at radius 3 is 2.76 bits per heavy atom. The molecule has 1 fully saturated rings. The average molecular weight is 429 g/mol. The van der Waals surface area contributed by atoms with Crippen LogP contribution in [0.25, 0.3) is 0 Å². The van der Waals surface area contributed by atoms with Gasteiger partial charge in [0.05, 0.1) is 41.2 Å². The van der Waals surface area contributed by atoms with Gasteiger partial charge < -0.3 is 25.0 Å². The van der Waals surface area contributed by atoms with Gasteiger partial charge >= 0.3 is 0 Å². The van der Waals surface area contributed by atoms with E-state index < -0.39 is 0 Å². The maximum atomic E-state index is 6.48. The van der Waals surface area contributed by atoms with Crippen LogP contribution in [0.4, 0.5) is 23.1 Å². The molecule has 2 N–H and O–H groups in total. The van der Waals surface area contributed by atoms with Crippen molar-refractivity contribution in [1.29, 1.82) is 0 Å². The van der Waals surface area contributed by atoms with Crippen molar-refractivity contribution in [2.45, 2.75) is 0 Å². The van der Waals surface area contributed by atoms with Crippen LogP contribution in [0.15, 0.2) is 22.8 Å². The third-order valence-corrected chi connectivity index (χ3v) is 4.74. The van der Waals surface area contributed by atoms with Gasteiger partial charge in [-0.2, -0.15) is 4.98 Å². The number of benzene rings is 1. The van der Waals surface area contributed by atoms with Gasteiger partial charge in [-0.1, -0.05) is 11.6 Å². The first kappa shape index (κ1) is 18.0. The second-order valence-corrected chi connectivity index (χ2v) is 6.63. The number of methoxy groups -OCH3 is 1. The van der Waals surface area contributed by atoms with E-state index in [0.717, 1.165) is 29.0 Å². The summed E-state index contributed by atoms with van der Waals surface area (Å²) in [5.74, 6) is 1.86. The van der Waals surface area contributed by atoms with Gasteiger partial charge in [0.2, 0.25) is 5.95 Å². The van der Waals surface area contributed by atoms with E-state index >= 15 is 0 Å². The van der Waals surface area contributed by atoms with Gasteiger partial charge in [0, 0.05) is 32.4 Å². The van der Waals surface area contributed by atoms with Gasteiger partial charge in [0.1, 0.15) is 11.6 Å². The summed E-state index contributed by atoms with van der Waals surface area (Å²) in [4.78, 5) is 10.8. The fourth-order valence-corrected chi connectivity index (χ4v) is 3.17. The average Bonchev–Trinajstić information content (AvgIpc) is 2.65. The van der Waals surface area contributed by atoms with Gasteiger partial charge in [-0.3, -0.25) is 0 Å². The molecule has 7 nitrogen and oxygen atoms in total. The summed E-state index contributed by atoms with van der Waals surface area (Å²) >= 11 is 9.87. The molecule has 2 heterocycles. The highest BCUT2D eigenvalue weighted by molar-refractivity contribution is 9.10. The number of nitrogens with zero attached hydrogens (tertiary/aromatic N) is 3. The topological polar surface area (TPSA) is 71.5 Å². The first-order valence-corrected chi connectivity index (χ1v) is 8.97. The summed E-state index contributed by atoms with van der Waals surface area (Å²) in [7, 11) is 3.44. The lowest BCUT2D eigenvalue weighted by Gasteiger charge is -2.30. The second kappa shape index (κ2) is 8.07. The standard InChI is InChI=1S/C16H19BrClN5O2/c1-19-15-10(17)9-20-16(22-15)21-12-8-14(24-2)13(7-11(12)18)23-3-5-25-6-4-23/h7-9H,3-6H2,1-2H3,(H2,19,20,21,22). The fraction of sp³-hybridized carbons (Fsp3) is 0.375. The number of aromatic nitrogens is 2. The maximum absolute atomic E-state index is 6.48. The highest BCUT2D eigenvalue weighted by atomic mass is 79.9. The van der Waals surface area contributed by atoms with Crippen LogP contribution < -0.4 is 20.3 Å². The van der Waals surface area contributed by atoms with Crippen LogP contribution in [-0.2, 0) is 4.74 Å². The number of anilines is 4. The van der Waals surface area contributed by atoms with E-state index in [9.17, 15) is 0 Å². The monoisotopic (exact) mass is 427 g/mol. The number of nitrogens with one attached hydrogen (secondary N) is 2. The van der Waals surface area contributed by atoms with E-state index in [0.29, 0.717) is 35.7 Å². The molecular formula is C16H19BrClN5O2. The third kappa shape index (κ3) is 4.08. The molecule has 0 bridgehead atoms. The van der Waals surface area contributed by atoms with Crippen molar-refractivity contribution in [3.05, 3.63) is 27.8 Å². The molecule has 25 heavy (non-hydrogen) atoms. The lowest BCUT2D eigenvalue weighted by molar-refractivity contribution is 0.122. The number of hydrogen-bond acceptors (Lipinski definition) is 7. The molecule has 0 amide bonds. The van der Waals surface area contributed by atoms with E-state index in [2.05, 4.69) is 41.4 Å². The molecule has 9 heteroatoms. The van der Waals surface area contributed by atoms with E-state index in [4.69, 9.17) is 21.1 Å². The molecule has 1 saturated heterocycles. The summed E-state index contributed by atoms with van der Waals surface area (Å²) in [6.07, 6.45) is 1.68. The molecule has 3 rings (SSSR count). The van der Waals surface area contributed by atoms with Gasteiger partial charge in [-0.25, -0.2) is 4.98 Å². The zero-order valence-corrected chi connectivity index (χ0v) is 16.3. The Hall–Kier alpha value is -1.77. The predicted molar refractivity (Wildman–Crippen MR) is 104 cm³/mol. The Morgan fingerprint density at radius 2 is 2.08 bits per heavy atom. The normalized spacial score (nSPS) is 14.3. The molecule has 0 saturated carbocycles. The smallest absolute Gasteiger partial charge is 0.229 e. The van der Waals surface area contributed by atoms with Crippen molar-refractivity contribution in [2.75, 3.05) is 56.0 Å². The first-order chi connectivity index (χ1) is 12.1. The summed E-state index contributed by atoms with van der Waals surface area (Å²) < 4.78 is 11.7. The molecule has 1 aromatic carbocycles. The minimum atomic E-state index is 0.440. The Morgan fingerprint density at radius 1 is 1.32 bits per heavy atom. The van der Waals surface area contributed by atoms with Crippen LogP contribution in [0.5, 0.6) is 5.75 Å². The minimum absolute atomic E-state index is 0.440. The van der Waals surface area contributed by atoms with Gasteiger partial charge in [0.25, 0.3) is 0 Å². The zero-order valence-electron chi connectivity index (χ0n) is 14.0. The highest BCUT2D eigenvalue weighted by Crippen LogP contribution is 2.38. The van der Waals surface area contributed by atoms with Crippen LogP contribution in [0.3, 0.4) is 0 Å². The van der Waals surface area contributed by atoms with E-state index in [1.54, 1.807) is 20.4 Å². The summed E-state index contributed by atoms with van der Waals surface area (Å²) in [6.45, 7) is 3.00. The van der Waals surface area contributed by atoms with Crippen molar-refractivity contribution in [3.63, 3.8) is 0 Å². The van der Waals surface area contributed by atoms with Crippen LogP contribution in [-0.4, -0.2) is 50.4 Å². The number of rotatable bonds is 5. The van der Waals surface area contributed by atoms with Crippen molar-refractivity contribution in [1.82, 2.24) is 9.97 Å². The van der Waals surface area contributed by atoms with Crippen molar-refractivity contribution in [3.8, 4) is 5.75 Å². The third-order valence-electron chi connectivity index (χ3n) is 3.85. The first-order valence-electron chi connectivity index (χ1n) is 7.80. The second-order valence-electron chi connectivity index (χ2n) is 5.37. The largest absolute Gasteiger partial charge is 0.495 e. The molecule has 1 aliphatic heterocycles. The Balaban J connectivity index is 1.89. The summed E-state index contributed by atoms with van der Waals surface area (Å²) in [6, 6.07) is 3.75. The minimum Gasteiger partial charge on any atom is -0.495 e. The number of halogens is 2. The lowest BCUT2D eigenvalue weighted by Crippen LogP contribution is -2.36. The van der Waals surface area contributed by atoms with E-state index in [-0.39, 0.29) is 0 Å². The predicted octanol–water partition coefficient (Wildman–Crippen LogP) is 3.52. The Labute approximate surface area is 159 Å². The van der Waals surface area contributed by atoms with Gasteiger partial charge in [0.15, 0.2) is 0 Å². The quantitative estimate of drug-likeness (QED) is 0.755. The zero-order chi connectivity index (χ0) is 17.8. The van der Waals surface area contributed by atoms with Gasteiger partial charge in [-0.05, 0) is 22.0 Å². The van der Waals surface area contributed by atoms with Gasteiger partial charge in [-0.15, -0.1) is 0 Å². The van der Waals surface area contributed by atoms with Crippen molar-refractivity contribution < 1.29 is 9.47 Å². The molecule has 0 atom stereocenters. The fourth-order valence-electron chi connectivity index (χ4n) is 2.58. The summed E-state index contributed by atoms with van der Waals surface area (Å²) in [5.41, 5.74) is 1.63. The van der Waals surface area contributed by atoms with Crippen LogP contribution in [0.1, 0.15) is 0 Å². The molecule has 1 aliphatic rings. The molecular weight excluding hydrogens is 410 g/mol. The van der Waals surface area contributed by atoms with Crippen LogP contribution in [0, 0.1) is 0 Å². The van der Waals surface area contributed by atoms with Crippen molar-refractivity contribution in [2.24, 2.45) is 0 Å². The highest BCUT2D eigenvalue weighted by Gasteiger charge is 2.18. The van der Waals surface area contributed by atoms with E-state index in [1.165, 1.54) is 0 Å². The maximum Gasteiger partial charge on any atom is 0.229 e. The molecule has 0 unspecified atom stereocenters. The number of morpholine rings is 1. The molecule has 0 spiro atoms.